The zero-order valence-corrected chi connectivity index (χ0v) is 11.4. The smallest absolute Gasteiger partial charge is 0.240 e. The van der Waals surface area contributed by atoms with Gasteiger partial charge in [-0.25, -0.2) is 17.5 Å². The van der Waals surface area contributed by atoms with Gasteiger partial charge in [0.25, 0.3) is 0 Å². The van der Waals surface area contributed by atoms with Crippen molar-refractivity contribution in [2.75, 3.05) is 7.05 Å². The number of tetrazole rings is 1. The number of aromatic amines is 1. The first kappa shape index (κ1) is 14.5. The lowest BCUT2D eigenvalue weighted by molar-refractivity contribution is 0.576. The van der Waals surface area contributed by atoms with Crippen molar-refractivity contribution in [2.45, 2.75) is 18.0 Å². The summed E-state index contributed by atoms with van der Waals surface area (Å²) >= 11 is 0. The first-order valence-corrected chi connectivity index (χ1v) is 7.16. The number of nitrogens with zero attached hydrogens (tertiary/aromatic N) is 3. The fraction of sp³-hybridized carbons (Fsp3) is 0.300. The number of nitrogens with one attached hydrogen (secondary N) is 3. The van der Waals surface area contributed by atoms with Gasteiger partial charge in [0.15, 0.2) is 5.82 Å². The summed E-state index contributed by atoms with van der Waals surface area (Å²) in [6.07, 6.45) is 0. The van der Waals surface area contributed by atoms with Crippen LogP contribution in [0.25, 0.3) is 0 Å². The number of H-pyrrole nitrogens is 1. The summed E-state index contributed by atoms with van der Waals surface area (Å²) < 4.78 is 39.9. The molecule has 108 valence electrons. The van der Waals surface area contributed by atoms with Crippen LogP contribution in [0, 0.1) is 5.82 Å². The average molecular weight is 300 g/mol. The summed E-state index contributed by atoms with van der Waals surface area (Å²) in [5.41, 5.74) is 0.273. The summed E-state index contributed by atoms with van der Waals surface area (Å²) in [5.74, 6) is -0.248. The molecular weight excluding hydrogens is 287 g/mol. The Balaban J connectivity index is 2.18. The average Bonchev–Trinajstić information content (AvgIpc) is 2.92. The lowest BCUT2D eigenvalue weighted by Crippen LogP contribution is -2.24. The SMILES string of the molecule is CNCc1cc(S(=O)(=O)NCc2nn[nH]n2)ccc1F. The number of aromatic nitrogens is 4. The first-order chi connectivity index (χ1) is 9.53. The first-order valence-electron chi connectivity index (χ1n) is 5.68. The van der Waals surface area contributed by atoms with Gasteiger partial charge < -0.3 is 5.32 Å². The van der Waals surface area contributed by atoms with E-state index in [9.17, 15) is 12.8 Å². The van der Waals surface area contributed by atoms with Crippen molar-refractivity contribution in [2.24, 2.45) is 0 Å². The second-order valence-electron chi connectivity index (χ2n) is 3.94. The van der Waals surface area contributed by atoms with Crippen LogP contribution < -0.4 is 10.0 Å². The Morgan fingerprint density at radius 3 is 2.80 bits per heavy atom. The van der Waals surface area contributed by atoms with Crippen molar-refractivity contribution in [3.05, 3.63) is 35.4 Å². The monoisotopic (exact) mass is 300 g/mol. The van der Waals surface area contributed by atoms with E-state index in [-0.39, 0.29) is 29.4 Å². The van der Waals surface area contributed by atoms with E-state index in [0.717, 1.165) is 6.07 Å². The number of rotatable bonds is 6. The van der Waals surface area contributed by atoms with Crippen molar-refractivity contribution in [1.82, 2.24) is 30.7 Å². The topological polar surface area (TPSA) is 113 Å². The van der Waals surface area contributed by atoms with Crippen LogP contribution in [-0.2, 0) is 23.1 Å². The quantitative estimate of drug-likeness (QED) is 0.665. The molecule has 0 atom stereocenters. The van der Waals surface area contributed by atoms with Gasteiger partial charge in [0.1, 0.15) is 5.82 Å². The molecule has 8 nitrogen and oxygen atoms in total. The van der Waals surface area contributed by atoms with Crippen LogP contribution in [-0.4, -0.2) is 36.1 Å². The Morgan fingerprint density at radius 1 is 1.35 bits per heavy atom. The van der Waals surface area contributed by atoms with Gasteiger partial charge in [0.2, 0.25) is 10.0 Å². The summed E-state index contributed by atoms with van der Waals surface area (Å²) in [6.45, 7) is 0.137. The second-order valence-corrected chi connectivity index (χ2v) is 5.70. The molecule has 0 spiro atoms. The summed E-state index contributed by atoms with van der Waals surface area (Å²) in [5, 5.41) is 15.6. The molecule has 3 N–H and O–H groups in total. The van der Waals surface area contributed by atoms with Crippen molar-refractivity contribution in [1.29, 1.82) is 0 Å². The number of hydrogen-bond donors (Lipinski definition) is 3. The highest BCUT2D eigenvalue weighted by Crippen LogP contribution is 2.15. The standard InChI is InChI=1S/C10H13FN6O2S/c1-12-5-7-4-8(2-3-9(7)11)20(18,19)13-6-10-14-16-17-15-10/h2-4,12-13H,5-6H2,1H3,(H,14,15,16,17). The fourth-order valence-electron chi connectivity index (χ4n) is 1.54. The lowest BCUT2D eigenvalue weighted by atomic mass is 10.2. The molecule has 20 heavy (non-hydrogen) atoms. The lowest BCUT2D eigenvalue weighted by Gasteiger charge is -2.08. The third kappa shape index (κ3) is 3.35. The molecule has 1 aromatic heterocycles. The van der Waals surface area contributed by atoms with Crippen molar-refractivity contribution < 1.29 is 12.8 Å². The molecule has 1 aromatic carbocycles. The van der Waals surface area contributed by atoms with E-state index in [1.54, 1.807) is 7.05 Å². The van der Waals surface area contributed by atoms with E-state index in [0.29, 0.717) is 0 Å². The Kier molecular flexibility index (Phi) is 4.37. The summed E-state index contributed by atoms with van der Waals surface area (Å²) in [6, 6.07) is 3.60. The predicted octanol–water partition coefficient (Wildman–Crippen LogP) is -0.463. The molecule has 0 saturated heterocycles. The number of halogens is 1. The van der Waals surface area contributed by atoms with Gasteiger partial charge in [-0.2, -0.15) is 5.21 Å². The molecule has 0 unspecified atom stereocenters. The molecule has 0 aliphatic rings. The third-order valence-electron chi connectivity index (χ3n) is 2.50. The Bertz CT molecular complexity index is 673. The maximum atomic E-state index is 13.5. The number of sulfonamides is 1. The molecule has 0 amide bonds. The Morgan fingerprint density at radius 2 is 2.15 bits per heavy atom. The van der Waals surface area contributed by atoms with E-state index in [1.807, 2.05) is 0 Å². The molecule has 10 heteroatoms. The van der Waals surface area contributed by atoms with Crippen LogP contribution in [0.1, 0.15) is 11.4 Å². The minimum atomic E-state index is -3.76. The molecule has 0 radical (unpaired) electrons. The molecule has 1 heterocycles. The molecule has 0 fully saturated rings. The van der Waals surface area contributed by atoms with Crippen LogP contribution >= 0.6 is 0 Å². The van der Waals surface area contributed by atoms with E-state index >= 15 is 0 Å². The van der Waals surface area contributed by atoms with Crippen LogP contribution in [0.15, 0.2) is 23.1 Å². The summed E-state index contributed by atoms with van der Waals surface area (Å²) in [7, 11) is -2.11. The van der Waals surface area contributed by atoms with Gasteiger partial charge in [-0.15, -0.1) is 10.2 Å². The minimum Gasteiger partial charge on any atom is -0.316 e. The highest BCUT2D eigenvalue weighted by atomic mass is 32.2. The fourth-order valence-corrected chi connectivity index (χ4v) is 2.57. The largest absolute Gasteiger partial charge is 0.316 e. The van der Waals surface area contributed by atoms with E-state index in [1.165, 1.54) is 12.1 Å². The molecule has 0 bridgehead atoms. The zero-order chi connectivity index (χ0) is 14.6. The highest BCUT2D eigenvalue weighted by Gasteiger charge is 2.16. The molecule has 2 aromatic rings. The van der Waals surface area contributed by atoms with Crippen LogP contribution in [0.3, 0.4) is 0 Å². The van der Waals surface area contributed by atoms with Gasteiger partial charge in [0, 0.05) is 12.1 Å². The van der Waals surface area contributed by atoms with E-state index in [4.69, 9.17) is 0 Å². The Labute approximate surface area is 114 Å². The van der Waals surface area contributed by atoms with E-state index < -0.39 is 15.8 Å². The van der Waals surface area contributed by atoms with Gasteiger partial charge in [-0.05, 0) is 25.2 Å². The summed E-state index contributed by atoms with van der Waals surface area (Å²) in [4.78, 5) is -0.0207. The van der Waals surface area contributed by atoms with Crippen molar-refractivity contribution in [3.63, 3.8) is 0 Å². The van der Waals surface area contributed by atoms with Gasteiger partial charge >= 0.3 is 0 Å². The van der Waals surface area contributed by atoms with Gasteiger partial charge in [-0.3, -0.25) is 0 Å². The zero-order valence-electron chi connectivity index (χ0n) is 10.6. The van der Waals surface area contributed by atoms with Crippen molar-refractivity contribution in [3.8, 4) is 0 Å². The van der Waals surface area contributed by atoms with Crippen molar-refractivity contribution >= 4 is 10.0 Å². The molecule has 0 aliphatic carbocycles. The maximum Gasteiger partial charge on any atom is 0.240 e. The van der Waals surface area contributed by atoms with E-state index in [2.05, 4.69) is 30.7 Å². The normalized spacial score (nSPS) is 11.7. The highest BCUT2D eigenvalue weighted by molar-refractivity contribution is 7.89. The third-order valence-corrected chi connectivity index (χ3v) is 3.90. The molecule has 2 rings (SSSR count). The Hall–Kier alpha value is -1.91. The minimum absolute atomic E-state index is 0.0207. The molecule has 0 saturated carbocycles. The van der Waals surface area contributed by atoms with Gasteiger partial charge in [0.05, 0.1) is 11.4 Å². The predicted molar refractivity (Wildman–Crippen MR) is 67.4 cm³/mol. The van der Waals surface area contributed by atoms with Crippen LogP contribution in [0.2, 0.25) is 0 Å². The number of hydrogen-bond acceptors (Lipinski definition) is 6. The molecule has 0 aliphatic heterocycles. The van der Waals surface area contributed by atoms with Crippen LogP contribution in [0.4, 0.5) is 4.39 Å². The number of benzene rings is 1. The maximum absolute atomic E-state index is 13.5. The second kappa shape index (κ2) is 6.03. The van der Waals surface area contributed by atoms with Gasteiger partial charge in [-0.1, -0.05) is 5.21 Å². The van der Waals surface area contributed by atoms with Crippen LogP contribution in [0.5, 0.6) is 0 Å². The molecular formula is C10H13FN6O2S.